The SMILES string of the molecule is O=C(Cc1ccc(C(=O)c2ccc3ncc(N4CCOCC4)nc3c2)c(F)c1)c1cccc(C(F)(F)F)c1. The van der Waals surface area contributed by atoms with Crippen LogP contribution in [0.4, 0.5) is 23.4 Å². The quantitative estimate of drug-likeness (QED) is 0.253. The van der Waals surface area contributed by atoms with Crippen molar-refractivity contribution in [3.05, 3.63) is 100 Å². The number of ketones is 2. The molecule has 2 heterocycles. The Hall–Kier alpha value is -4.18. The Labute approximate surface area is 214 Å². The summed E-state index contributed by atoms with van der Waals surface area (Å²) >= 11 is 0. The largest absolute Gasteiger partial charge is 0.416 e. The molecule has 0 aliphatic carbocycles. The summed E-state index contributed by atoms with van der Waals surface area (Å²) in [7, 11) is 0. The number of ether oxygens (including phenoxy) is 1. The number of alkyl halides is 3. The minimum atomic E-state index is -4.58. The van der Waals surface area contributed by atoms with Crippen molar-refractivity contribution in [2.24, 2.45) is 0 Å². The summed E-state index contributed by atoms with van der Waals surface area (Å²) in [6.45, 7) is 2.51. The highest BCUT2D eigenvalue weighted by atomic mass is 19.4. The van der Waals surface area contributed by atoms with Crippen LogP contribution in [0.15, 0.2) is 66.9 Å². The van der Waals surface area contributed by atoms with Gasteiger partial charge in [-0.1, -0.05) is 18.2 Å². The maximum absolute atomic E-state index is 15.0. The molecule has 1 aromatic heterocycles. The van der Waals surface area contributed by atoms with E-state index in [2.05, 4.69) is 9.97 Å². The molecule has 6 nitrogen and oxygen atoms in total. The number of hydrogen-bond acceptors (Lipinski definition) is 6. The van der Waals surface area contributed by atoms with Gasteiger partial charge < -0.3 is 9.64 Å². The van der Waals surface area contributed by atoms with E-state index in [-0.39, 0.29) is 28.7 Å². The van der Waals surface area contributed by atoms with E-state index in [0.717, 1.165) is 24.3 Å². The molecule has 194 valence electrons. The van der Waals surface area contributed by atoms with Gasteiger partial charge in [0.15, 0.2) is 11.6 Å². The Morgan fingerprint density at radius 3 is 2.45 bits per heavy atom. The van der Waals surface area contributed by atoms with Crippen molar-refractivity contribution in [1.29, 1.82) is 0 Å². The van der Waals surface area contributed by atoms with Gasteiger partial charge in [0.1, 0.15) is 11.6 Å². The van der Waals surface area contributed by atoms with Crippen LogP contribution in [0, 0.1) is 5.82 Å². The van der Waals surface area contributed by atoms with E-state index in [1.54, 1.807) is 18.3 Å². The molecule has 38 heavy (non-hydrogen) atoms. The zero-order valence-corrected chi connectivity index (χ0v) is 20.0. The van der Waals surface area contributed by atoms with Crippen LogP contribution in [0.5, 0.6) is 0 Å². The van der Waals surface area contributed by atoms with Crippen molar-refractivity contribution in [3.8, 4) is 0 Å². The lowest BCUT2D eigenvalue weighted by Gasteiger charge is -2.27. The second-order valence-corrected chi connectivity index (χ2v) is 8.85. The number of benzene rings is 3. The van der Waals surface area contributed by atoms with Crippen LogP contribution in [0.2, 0.25) is 0 Å². The first-order valence-corrected chi connectivity index (χ1v) is 11.8. The maximum atomic E-state index is 15.0. The van der Waals surface area contributed by atoms with Crippen LogP contribution in [0.25, 0.3) is 11.0 Å². The van der Waals surface area contributed by atoms with E-state index in [1.165, 1.54) is 24.3 Å². The zero-order chi connectivity index (χ0) is 26.9. The molecule has 1 aliphatic rings. The summed E-state index contributed by atoms with van der Waals surface area (Å²) in [6, 6.07) is 12.5. The van der Waals surface area contributed by atoms with Crippen LogP contribution in [0.1, 0.15) is 37.4 Å². The van der Waals surface area contributed by atoms with Gasteiger partial charge in [0.2, 0.25) is 0 Å². The summed E-state index contributed by atoms with van der Waals surface area (Å²) in [5.74, 6) is -1.35. The van der Waals surface area contributed by atoms with E-state index in [0.29, 0.717) is 43.2 Å². The average molecular weight is 523 g/mol. The summed E-state index contributed by atoms with van der Waals surface area (Å²) < 4.78 is 59.2. The molecule has 1 aliphatic heterocycles. The summed E-state index contributed by atoms with van der Waals surface area (Å²) in [5, 5.41) is 0. The summed E-state index contributed by atoms with van der Waals surface area (Å²) in [5.41, 5.74) is 0.267. The highest BCUT2D eigenvalue weighted by Crippen LogP contribution is 2.30. The molecular formula is C28H21F4N3O3. The van der Waals surface area contributed by atoms with Crippen LogP contribution in [0.3, 0.4) is 0 Å². The van der Waals surface area contributed by atoms with Crippen molar-refractivity contribution < 1.29 is 31.9 Å². The van der Waals surface area contributed by atoms with Gasteiger partial charge in [-0.25, -0.2) is 9.37 Å². The number of anilines is 1. The van der Waals surface area contributed by atoms with Gasteiger partial charge in [-0.15, -0.1) is 0 Å². The van der Waals surface area contributed by atoms with Crippen molar-refractivity contribution in [1.82, 2.24) is 9.97 Å². The van der Waals surface area contributed by atoms with Gasteiger partial charge in [0.05, 0.1) is 41.6 Å². The fourth-order valence-electron chi connectivity index (χ4n) is 4.25. The minimum Gasteiger partial charge on any atom is -0.378 e. The van der Waals surface area contributed by atoms with Crippen LogP contribution in [-0.4, -0.2) is 47.8 Å². The number of carbonyl (C=O) groups excluding carboxylic acids is 2. The topological polar surface area (TPSA) is 72.4 Å². The summed E-state index contributed by atoms with van der Waals surface area (Å²) in [4.78, 5) is 36.7. The molecule has 1 fully saturated rings. The molecule has 3 aromatic carbocycles. The fraction of sp³-hybridized carbons (Fsp3) is 0.214. The van der Waals surface area contributed by atoms with Gasteiger partial charge in [-0.3, -0.25) is 14.6 Å². The Morgan fingerprint density at radius 2 is 1.71 bits per heavy atom. The second kappa shape index (κ2) is 10.3. The molecule has 0 atom stereocenters. The molecule has 0 spiro atoms. The Kier molecular flexibility index (Phi) is 6.90. The Morgan fingerprint density at radius 1 is 0.921 bits per heavy atom. The molecule has 0 radical (unpaired) electrons. The third-order valence-electron chi connectivity index (χ3n) is 6.28. The molecule has 1 saturated heterocycles. The molecular weight excluding hydrogens is 502 g/mol. The van der Waals surface area contributed by atoms with Crippen molar-refractivity contribution in [2.45, 2.75) is 12.6 Å². The number of nitrogens with zero attached hydrogens (tertiary/aromatic N) is 3. The lowest BCUT2D eigenvalue weighted by Crippen LogP contribution is -2.36. The Bertz CT molecular complexity index is 1530. The number of fused-ring (bicyclic) bond motifs is 1. The number of Topliss-reactive ketones (excluding diaryl/α,β-unsaturated/α-hetero) is 1. The first kappa shape index (κ1) is 25.5. The smallest absolute Gasteiger partial charge is 0.378 e. The third kappa shape index (κ3) is 5.40. The second-order valence-electron chi connectivity index (χ2n) is 8.85. The highest BCUT2D eigenvalue weighted by molar-refractivity contribution is 6.10. The summed E-state index contributed by atoms with van der Waals surface area (Å²) in [6.07, 6.45) is -3.24. The first-order valence-electron chi connectivity index (χ1n) is 11.8. The molecule has 0 saturated carbocycles. The Balaban J connectivity index is 1.35. The maximum Gasteiger partial charge on any atom is 0.416 e. The number of rotatable bonds is 6. The number of aromatic nitrogens is 2. The van der Waals surface area contributed by atoms with E-state index < -0.39 is 29.1 Å². The normalized spacial score (nSPS) is 14.1. The van der Waals surface area contributed by atoms with Crippen molar-refractivity contribution in [2.75, 3.05) is 31.2 Å². The lowest BCUT2D eigenvalue weighted by atomic mass is 9.97. The third-order valence-corrected chi connectivity index (χ3v) is 6.28. The standard InChI is InChI=1S/C28H21F4N3O3/c29-22-12-17(13-25(36)18-2-1-3-20(14-18)28(30,31)32)4-6-21(22)27(37)19-5-7-23-24(15-19)34-26(16-33-23)35-8-10-38-11-9-35/h1-7,12,14-16H,8-11,13H2. The minimum absolute atomic E-state index is 0.130. The highest BCUT2D eigenvalue weighted by Gasteiger charge is 2.31. The molecule has 0 amide bonds. The van der Waals surface area contributed by atoms with Gasteiger partial charge >= 0.3 is 6.18 Å². The number of carbonyl (C=O) groups is 2. The van der Waals surface area contributed by atoms with Gasteiger partial charge in [0, 0.05) is 30.6 Å². The predicted molar refractivity (Wildman–Crippen MR) is 132 cm³/mol. The van der Waals surface area contributed by atoms with Gasteiger partial charge in [-0.2, -0.15) is 13.2 Å². The first-order chi connectivity index (χ1) is 18.2. The van der Waals surface area contributed by atoms with Crippen molar-refractivity contribution >= 4 is 28.4 Å². The number of hydrogen-bond donors (Lipinski definition) is 0. The monoisotopic (exact) mass is 523 g/mol. The molecule has 4 aromatic rings. The molecule has 0 N–H and O–H groups in total. The van der Waals surface area contributed by atoms with Crippen LogP contribution >= 0.6 is 0 Å². The van der Waals surface area contributed by atoms with Gasteiger partial charge in [0.25, 0.3) is 0 Å². The van der Waals surface area contributed by atoms with Crippen molar-refractivity contribution in [3.63, 3.8) is 0 Å². The zero-order valence-electron chi connectivity index (χ0n) is 20.0. The van der Waals surface area contributed by atoms with E-state index in [9.17, 15) is 27.2 Å². The lowest BCUT2D eigenvalue weighted by molar-refractivity contribution is -0.137. The predicted octanol–water partition coefficient (Wildman–Crippen LogP) is 5.28. The molecule has 5 rings (SSSR count). The fourth-order valence-corrected chi connectivity index (χ4v) is 4.25. The molecule has 0 bridgehead atoms. The molecule has 0 unspecified atom stereocenters. The van der Waals surface area contributed by atoms with E-state index in [4.69, 9.17) is 4.74 Å². The van der Waals surface area contributed by atoms with Crippen LogP contribution in [-0.2, 0) is 17.3 Å². The van der Waals surface area contributed by atoms with E-state index in [1.807, 2.05) is 4.90 Å². The number of halogens is 4. The molecule has 10 heteroatoms. The number of morpholine rings is 1. The van der Waals surface area contributed by atoms with E-state index >= 15 is 0 Å². The van der Waals surface area contributed by atoms with Crippen LogP contribution < -0.4 is 4.90 Å². The van der Waals surface area contributed by atoms with Gasteiger partial charge in [-0.05, 0) is 48.0 Å². The average Bonchev–Trinajstić information content (AvgIpc) is 2.92.